The van der Waals surface area contributed by atoms with Crippen LogP contribution in [0.5, 0.6) is 0 Å². The second kappa shape index (κ2) is 2.44. The van der Waals surface area contributed by atoms with E-state index in [9.17, 15) is 8.78 Å². The van der Waals surface area contributed by atoms with E-state index in [1.807, 2.05) is 6.92 Å². The van der Waals surface area contributed by atoms with E-state index in [-0.39, 0.29) is 6.04 Å². The van der Waals surface area contributed by atoms with Crippen molar-refractivity contribution in [2.24, 2.45) is 0 Å². The summed E-state index contributed by atoms with van der Waals surface area (Å²) < 4.78 is 25.8. The molecule has 0 fully saturated rings. The summed E-state index contributed by atoms with van der Waals surface area (Å²) >= 11 is 0. The standard InChI is InChI=1S/C9H9F2N/c1-5-4-6-8(12-5)3-2-7(10)9(6)11/h2-3,5,12H,4H2,1H3/t5-/m0/s1. The third-order valence-corrected chi connectivity index (χ3v) is 2.11. The van der Waals surface area contributed by atoms with Gasteiger partial charge in [-0.2, -0.15) is 0 Å². The molecule has 1 aromatic carbocycles. The van der Waals surface area contributed by atoms with E-state index >= 15 is 0 Å². The van der Waals surface area contributed by atoms with Crippen LogP contribution in [0, 0.1) is 11.6 Å². The molecule has 1 aromatic rings. The lowest BCUT2D eigenvalue weighted by Crippen LogP contribution is -2.08. The SMILES string of the molecule is C[C@H]1Cc2c(ccc(F)c2F)N1. The van der Waals surface area contributed by atoms with Crippen LogP contribution in [-0.4, -0.2) is 6.04 Å². The van der Waals surface area contributed by atoms with Crippen molar-refractivity contribution in [3.05, 3.63) is 29.3 Å². The fourth-order valence-corrected chi connectivity index (χ4v) is 1.55. The first kappa shape index (κ1) is 7.53. The number of hydrogen-bond acceptors (Lipinski definition) is 1. The molecule has 1 nitrogen and oxygen atoms in total. The normalized spacial score (nSPS) is 20.4. The third kappa shape index (κ3) is 0.967. The minimum Gasteiger partial charge on any atom is -0.382 e. The number of fused-ring (bicyclic) bond motifs is 1. The van der Waals surface area contributed by atoms with Crippen LogP contribution in [0.1, 0.15) is 12.5 Å². The highest BCUT2D eigenvalue weighted by Gasteiger charge is 2.21. The van der Waals surface area contributed by atoms with Gasteiger partial charge in [0.15, 0.2) is 11.6 Å². The van der Waals surface area contributed by atoms with Crippen molar-refractivity contribution in [2.45, 2.75) is 19.4 Å². The van der Waals surface area contributed by atoms with Crippen LogP contribution >= 0.6 is 0 Å². The van der Waals surface area contributed by atoms with E-state index in [1.165, 1.54) is 0 Å². The van der Waals surface area contributed by atoms with Crippen molar-refractivity contribution in [3.8, 4) is 0 Å². The molecule has 0 aliphatic carbocycles. The average molecular weight is 169 g/mol. The van der Waals surface area contributed by atoms with Crippen molar-refractivity contribution in [1.29, 1.82) is 0 Å². The van der Waals surface area contributed by atoms with Crippen molar-refractivity contribution in [1.82, 2.24) is 0 Å². The zero-order valence-corrected chi connectivity index (χ0v) is 6.70. The second-order valence-electron chi connectivity index (χ2n) is 3.14. The zero-order chi connectivity index (χ0) is 8.72. The van der Waals surface area contributed by atoms with Gasteiger partial charge in [0, 0.05) is 17.3 Å². The fourth-order valence-electron chi connectivity index (χ4n) is 1.55. The molecular weight excluding hydrogens is 160 g/mol. The molecule has 0 radical (unpaired) electrons. The van der Waals surface area contributed by atoms with Gasteiger partial charge in [0.1, 0.15) is 0 Å². The average Bonchev–Trinajstić information content (AvgIpc) is 2.39. The predicted molar refractivity (Wildman–Crippen MR) is 43.1 cm³/mol. The molecule has 0 bridgehead atoms. The summed E-state index contributed by atoms with van der Waals surface area (Å²) in [5.74, 6) is -1.46. The summed E-state index contributed by atoms with van der Waals surface area (Å²) in [6.45, 7) is 1.94. The van der Waals surface area contributed by atoms with Gasteiger partial charge in [0.05, 0.1) is 0 Å². The monoisotopic (exact) mass is 169 g/mol. The predicted octanol–water partition coefficient (Wildman–Crippen LogP) is 2.32. The maximum atomic E-state index is 13.1. The molecule has 12 heavy (non-hydrogen) atoms. The molecule has 0 saturated carbocycles. The molecule has 0 amide bonds. The highest BCUT2D eigenvalue weighted by molar-refractivity contribution is 5.57. The second-order valence-corrected chi connectivity index (χ2v) is 3.14. The number of hydrogen-bond donors (Lipinski definition) is 1. The van der Waals surface area contributed by atoms with Crippen molar-refractivity contribution in [2.75, 3.05) is 5.32 Å². The minimum atomic E-state index is -0.760. The lowest BCUT2D eigenvalue weighted by molar-refractivity contribution is 0.500. The molecule has 1 N–H and O–H groups in total. The number of rotatable bonds is 0. The van der Waals surface area contributed by atoms with Crippen LogP contribution in [0.2, 0.25) is 0 Å². The topological polar surface area (TPSA) is 12.0 Å². The maximum Gasteiger partial charge on any atom is 0.164 e. The Balaban J connectivity index is 2.54. The molecule has 3 heteroatoms. The quantitative estimate of drug-likeness (QED) is 0.628. The van der Waals surface area contributed by atoms with Gasteiger partial charge in [-0.1, -0.05) is 0 Å². The Bertz CT molecular complexity index is 323. The van der Waals surface area contributed by atoms with Crippen LogP contribution < -0.4 is 5.32 Å². The fraction of sp³-hybridized carbons (Fsp3) is 0.333. The van der Waals surface area contributed by atoms with Crippen molar-refractivity contribution < 1.29 is 8.78 Å². The molecule has 0 unspecified atom stereocenters. The summed E-state index contributed by atoms with van der Waals surface area (Å²) in [6.07, 6.45) is 0.568. The first-order valence-electron chi connectivity index (χ1n) is 3.92. The highest BCUT2D eigenvalue weighted by Crippen LogP contribution is 2.28. The Labute approximate surface area is 69.4 Å². The summed E-state index contributed by atoms with van der Waals surface area (Å²) in [5, 5.41) is 3.06. The summed E-state index contributed by atoms with van der Waals surface area (Å²) in [6, 6.07) is 2.94. The van der Waals surface area contributed by atoms with E-state index in [1.54, 1.807) is 6.07 Å². The highest BCUT2D eigenvalue weighted by atomic mass is 19.2. The summed E-state index contributed by atoms with van der Waals surface area (Å²) in [5.41, 5.74) is 1.20. The Morgan fingerprint density at radius 1 is 1.42 bits per heavy atom. The van der Waals surface area contributed by atoms with E-state index in [4.69, 9.17) is 0 Å². The Morgan fingerprint density at radius 2 is 2.17 bits per heavy atom. The van der Waals surface area contributed by atoms with Crippen LogP contribution in [0.25, 0.3) is 0 Å². The molecule has 0 saturated heterocycles. The first-order chi connectivity index (χ1) is 5.68. The van der Waals surface area contributed by atoms with Crippen LogP contribution in [0.15, 0.2) is 12.1 Å². The molecule has 1 aliphatic heterocycles. The minimum absolute atomic E-state index is 0.205. The maximum absolute atomic E-state index is 13.1. The van der Waals surface area contributed by atoms with Gasteiger partial charge in [-0.3, -0.25) is 0 Å². The number of benzene rings is 1. The molecular formula is C9H9F2N. The van der Waals surface area contributed by atoms with Gasteiger partial charge in [0.25, 0.3) is 0 Å². The molecule has 0 spiro atoms. The molecule has 64 valence electrons. The van der Waals surface area contributed by atoms with Gasteiger partial charge in [0.2, 0.25) is 0 Å². The number of halogens is 2. The molecule has 0 aromatic heterocycles. The molecule has 1 atom stereocenters. The largest absolute Gasteiger partial charge is 0.382 e. The molecule has 2 rings (SSSR count). The van der Waals surface area contributed by atoms with E-state index in [0.717, 1.165) is 11.8 Å². The van der Waals surface area contributed by atoms with E-state index in [0.29, 0.717) is 12.0 Å². The van der Waals surface area contributed by atoms with Gasteiger partial charge >= 0.3 is 0 Å². The van der Waals surface area contributed by atoms with Gasteiger partial charge < -0.3 is 5.32 Å². The van der Waals surface area contributed by atoms with Crippen LogP contribution in [0.3, 0.4) is 0 Å². The summed E-state index contributed by atoms with van der Waals surface area (Å²) in [4.78, 5) is 0. The molecule has 1 heterocycles. The van der Waals surface area contributed by atoms with Gasteiger partial charge in [-0.25, -0.2) is 8.78 Å². The zero-order valence-electron chi connectivity index (χ0n) is 6.70. The van der Waals surface area contributed by atoms with Gasteiger partial charge in [-0.15, -0.1) is 0 Å². The Morgan fingerprint density at radius 3 is 2.92 bits per heavy atom. The summed E-state index contributed by atoms with van der Waals surface area (Å²) in [7, 11) is 0. The molecule has 1 aliphatic rings. The van der Waals surface area contributed by atoms with E-state index < -0.39 is 11.6 Å². The van der Waals surface area contributed by atoms with Crippen LogP contribution in [-0.2, 0) is 6.42 Å². The Hall–Kier alpha value is -1.12. The smallest absolute Gasteiger partial charge is 0.164 e. The Kier molecular flexibility index (Phi) is 1.53. The van der Waals surface area contributed by atoms with Crippen molar-refractivity contribution in [3.63, 3.8) is 0 Å². The van der Waals surface area contributed by atoms with E-state index in [2.05, 4.69) is 5.32 Å². The number of nitrogens with one attached hydrogen (secondary N) is 1. The first-order valence-corrected chi connectivity index (χ1v) is 3.92. The van der Waals surface area contributed by atoms with Crippen molar-refractivity contribution >= 4 is 5.69 Å². The number of anilines is 1. The van der Waals surface area contributed by atoms with Gasteiger partial charge in [-0.05, 0) is 25.5 Å². The van der Waals surface area contributed by atoms with Crippen LogP contribution in [0.4, 0.5) is 14.5 Å². The lowest BCUT2D eigenvalue weighted by atomic mass is 10.1. The lowest BCUT2D eigenvalue weighted by Gasteiger charge is -2.01. The third-order valence-electron chi connectivity index (χ3n) is 2.11.